The maximum absolute atomic E-state index is 8.56. The molecule has 0 aromatic carbocycles. The smallest absolute Gasteiger partial charge is 0.450 e. The molecule has 0 saturated heterocycles. The van der Waals surface area contributed by atoms with Crippen LogP contribution in [0.3, 0.4) is 0 Å². The second kappa shape index (κ2) is 10.0. The van der Waals surface area contributed by atoms with Crippen LogP contribution in [0.4, 0.5) is 4.79 Å². The van der Waals surface area contributed by atoms with Gasteiger partial charge in [0, 0.05) is 0 Å². The van der Waals surface area contributed by atoms with Gasteiger partial charge in [0.2, 0.25) is 0 Å². The number of rotatable bonds is 0. The Morgan fingerprint density at radius 2 is 1.33 bits per heavy atom. The van der Waals surface area contributed by atoms with E-state index in [2.05, 4.69) is 23.7 Å². The van der Waals surface area contributed by atoms with Crippen molar-refractivity contribution >= 4 is 23.5 Å². The maximum Gasteiger partial charge on any atom is 0.503 e. The second-order valence-electron chi connectivity index (χ2n) is 0.685. The third kappa shape index (κ3) is 144. The molecular formula is C2H9N3O3S. The Hall–Kier alpha value is -1.08. The molecule has 7 heteroatoms. The standard InChI is InChI=1S/CH4N2S.CH2O3.H3N/c2*2-1(3)4;/h(H4,2,3,4);(H2,2,3,4);1H3. The normalized spacial score (nSPS) is 5.33. The number of thiocarbonyl (C=S) groups is 1. The zero-order valence-corrected chi connectivity index (χ0v) is 5.39. The molecular weight excluding hydrogens is 146 g/mol. The number of carboxylic acid groups (broad SMARTS) is 2. The predicted molar refractivity (Wildman–Crippen MR) is 36.6 cm³/mol. The highest BCUT2D eigenvalue weighted by Crippen LogP contribution is 1.42. The highest BCUT2D eigenvalue weighted by molar-refractivity contribution is 7.80. The first-order chi connectivity index (χ1) is 3.46. The molecule has 0 radical (unpaired) electrons. The Bertz CT molecular complexity index is 75.1. The molecule has 0 aliphatic rings. The van der Waals surface area contributed by atoms with Crippen LogP contribution in [0, 0.1) is 0 Å². The lowest BCUT2D eigenvalue weighted by Crippen LogP contribution is -2.18. The molecule has 0 amide bonds. The topological polar surface area (TPSA) is 145 Å². The summed E-state index contributed by atoms with van der Waals surface area (Å²) in [5.74, 6) is 0. The molecule has 0 spiro atoms. The molecule has 0 saturated carbocycles. The molecule has 0 rings (SSSR count). The van der Waals surface area contributed by atoms with E-state index in [1.807, 2.05) is 0 Å². The van der Waals surface area contributed by atoms with Gasteiger partial charge in [-0.05, 0) is 12.2 Å². The second-order valence-corrected chi connectivity index (χ2v) is 1.16. The lowest BCUT2D eigenvalue weighted by Gasteiger charge is -1.68. The molecule has 6 nitrogen and oxygen atoms in total. The van der Waals surface area contributed by atoms with Crippen molar-refractivity contribution < 1.29 is 15.0 Å². The summed E-state index contributed by atoms with van der Waals surface area (Å²) in [6.07, 6.45) is -1.83. The number of carbonyl (C=O) groups is 1. The zero-order valence-electron chi connectivity index (χ0n) is 4.57. The molecule has 0 aromatic heterocycles. The quantitative estimate of drug-likeness (QED) is 0.298. The van der Waals surface area contributed by atoms with Crippen LogP contribution in [-0.2, 0) is 0 Å². The van der Waals surface area contributed by atoms with E-state index in [0.29, 0.717) is 0 Å². The average molecular weight is 155 g/mol. The highest BCUT2D eigenvalue weighted by atomic mass is 32.1. The Morgan fingerprint density at radius 1 is 1.33 bits per heavy atom. The largest absolute Gasteiger partial charge is 0.503 e. The average Bonchev–Trinajstić information content (AvgIpc) is 1.25. The lowest BCUT2D eigenvalue weighted by atomic mass is 11.3. The van der Waals surface area contributed by atoms with Gasteiger partial charge >= 0.3 is 6.16 Å². The van der Waals surface area contributed by atoms with E-state index in [1.165, 1.54) is 0 Å². The van der Waals surface area contributed by atoms with Crippen LogP contribution >= 0.6 is 12.2 Å². The van der Waals surface area contributed by atoms with Gasteiger partial charge in [0.05, 0.1) is 0 Å². The molecule has 0 bridgehead atoms. The highest BCUT2D eigenvalue weighted by Gasteiger charge is 1.70. The van der Waals surface area contributed by atoms with E-state index < -0.39 is 6.16 Å². The molecule has 0 heterocycles. The van der Waals surface area contributed by atoms with Gasteiger partial charge in [0.15, 0.2) is 5.11 Å². The molecule has 0 aliphatic heterocycles. The van der Waals surface area contributed by atoms with Crippen molar-refractivity contribution in [3.05, 3.63) is 0 Å². The minimum Gasteiger partial charge on any atom is -0.450 e. The minimum atomic E-state index is -1.83. The number of hydrogen-bond acceptors (Lipinski definition) is 3. The molecule has 0 fully saturated rings. The fourth-order valence-corrected chi connectivity index (χ4v) is 0. The fraction of sp³-hybridized carbons (Fsp3) is 0. The summed E-state index contributed by atoms with van der Waals surface area (Å²) in [6, 6.07) is 0. The first kappa shape index (κ1) is 15.7. The summed E-state index contributed by atoms with van der Waals surface area (Å²) in [6.45, 7) is 0. The molecule has 0 aliphatic carbocycles. The first-order valence-corrected chi connectivity index (χ1v) is 1.84. The van der Waals surface area contributed by atoms with E-state index in [4.69, 9.17) is 15.0 Å². The summed E-state index contributed by atoms with van der Waals surface area (Å²) in [7, 11) is 0. The summed E-state index contributed by atoms with van der Waals surface area (Å²) in [5.41, 5.74) is 9.24. The van der Waals surface area contributed by atoms with Gasteiger partial charge in [0.25, 0.3) is 0 Å². The van der Waals surface area contributed by atoms with E-state index in [1.54, 1.807) is 0 Å². The van der Waals surface area contributed by atoms with Crippen molar-refractivity contribution in [1.82, 2.24) is 6.15 Å². The Balaban J connectivity index is -0.0000000720. The summed E-state index contributed by atoms with van der Waals surface area (Å²) >= 11 is 4.09. The van der Waals surface area contributed by atoms with Gasteiger partial charge < -0.3 is 27.8 Å². The Labute approximate surface area is 57.0 Å². The lowest BCUT2D eigenvalue weighted by molar-refractivity contribution is 0.137. The van der Waals surface area contributed by atoms with Gasteiger partial charge in [-0.1, -0.05) is 0 Å². The molecule has 0 atom stereocenters. The van der Waals surface area contributed by atoms with Gasteiger partial charge in [-0.15, -0.1) is 0 Å². The molecule has 0 unspecified atom stereocenters. The molecule has 9 heavy (non-hydrogen) atoms. The van der Waals surface area contributed by atoms with E-state index in [0.717, 1.165) is 0 Å². The van der Waals surface area contributed by atoms with E-state index in [-0.39, 0.29) is 11.3 Å². The third-order valence-corrected chi connectivity index (χ3v) is 0. The Morgan fingerprint density at radius 3 is 1.33 bits per heavy atom. The van der Waals surface area contributed by atoms with Gasteiger partial charge in [-0.25, -0.2) is 4.79 Å². The van der Waals surface area contributed by atoms with Gasteiger partial charge in [-0.3, -0.25) is 0 Å². The van der Waals surface area contributed by atoms with Crippen molar-refractivity contribution in [3.8, 4) is 0 Å². The Kier molecular flexibility index (Phi) is 17.4. The van der Waals surface area contributed by atoms with E-state index >= 15 is 0 Å². The zero-order chi connectivity index (χ0) is 7.15. The molecule has 0 aromatic rings. The van der Waals surface area contributed by atoms with Crippen molar-refractivity contribution in [2.45, 2.75) is 0 Å². The van der Waals surface area contributed by atoms with E-state index in [9.17, 15) is 0 Å². The van der Waals surface area contributed by atoms with Crippen molar-refractivity contribution in [2.24, 2.45) is 11.5 Å². The fourth-order valence-electron chi connectivity index (χ4n) is 0. The molecule has 56 valence electrons. The number of hydrogen-bond donors (Lipinski definition) is 5. The minimum absolute atomic E-state index is 0. The summed E-state index contributed by atoms with van der Waals surface area (Å²) < 4.78 is 0. The van der Waals surface area contributed by atoms with Crippen LogP contribution in [0.25, 0.3) is 0 Å². The monoisotopic (exact) mass is 155 g/mol. The molecule has 9 N–H and O–H groups in total. The summed E-state index contributed by atoms with van der Waals surface area (Å²) in [4.78, 5) is 8.56. The summed E-state index contributed by atoms with van der Waals surface area (Å²) in [5, 5.41) is 13.9. The van der Waals surface area contributed by atoms with Crippen LogP contribution in [0.5, 0.6) is 0 Å². The van der Waals surface area contributed by atoms with Crippen molar-refractivity contribution in [3.63, 3.8) is 0 Å². The van der Waals surface area contributed by atoms with Crippen molar-refractivity contribution in [2.75, 3.05) is 0 Å². The SMILES string of the molecule is N.NC(N)=S.O=C(O)O. The first-order valence-electron chi connectivity index (χ1n) is 1.43. The van der Waals surface area contributed by atoms with Crippen LogP contribution in [0.2, 0.25) is 0 Å². The van der Waals surface area contributed by atoms with Crippen LogP contribution in [0.1, 0.15) is 0 Å². The van der Waals surface area contributed by atoms with Gasteiger partial charge in [-0.2, -0.15) is 0 Å². The predicted octanol–water partition coefficient (Wildman–Crippen LogP) is -0.427. The van der Waals surface area contributed by atoms with Gasteiger partial charge in [0.1, 0.15) is 0 Å². The maximum atomic E-state index is 8.56. The van der Waals surface area contributed by atoms with Crippen LogP contribution in [-0.4, -0.2) is 21.5 Å². The number of nitrogens with two attached hydrogens (primary N) is 2. The third-order valence-electron chi connectivity index (χ3n) is 0. The van der Waals surface area contributed by atoms with Crippen LogP contribution < -0.4 is 17.6 Å². The van der Waals surface area contributed by atoms with Crippen molar-refractivity contribution in [1.29, 1.82) is 0 Å². The van der Waals surface area contributed by atoms with Crippen LogP contribution in [0.15, 0.2) is 0 Å².